The van der Waals surface area contributed by atoms with E-state index in [2.05, 4.69) is 10.5 Å². The smallest absolute Gasteiger partial charge is 0.259 e. The van der Waals surface area contributed by atoms with Crippen LogP contribution in [0.25, 0.3) is 0 Å². The highest BCUT2D eigenvalue weighted by Gasteiger charge is 2.15. The number of hydrogen-bond acceptors (Lipinski definition) is 4. The van der Waals surface area contributed by atoms with Gasteiger partial charge in [0.25, 0.3) is 5.91 Å². The molecule has 1 aromatic heterocycles. The van der Waals surface area contributed by atoms with Gasteiger partial charge in [0.05, 0.1) is 27.5 Å². The van der Waals surface area contributed by atoms with E-state index in [1.54, 1.807) is 42.5 Å². The number of hydrogen-bond donors (Lipinski definition) is 1. The highest BCUT2D eigenvalue weighted by molar-refractivity contribution is 6.33. The molecular formula is C19H17ClN2O3. The monoisotopic (exact) mass is 356 g/mol. The highest BCUT2D eigenvalue weighted by Crippen LogP contribution is 2.25. The minimum atomic E-state index is -0.289. The largest absolute Gasteiger partial charge is 0.488 e. The predicted molar refractivity (Wildman–Crippen MR) is 96.2 cm³/mol. The van der Waals surface area contributed by atoms with E-state index in [1.165, 1.54) is 0 Å². The molecule has 128 valence electrons. The second-order valence-corrected chi connectivity index (χ2v) is 5.93. The van der Waals surface area contributed by atoms with E-state index >= 15 is 0 Å². The molecule has 0 bridgehead atoms. The number of anilines is 1. The topological polar surface area (TPSA) is 64.4 Å². The molecule has 0 aliphatic carbocycles. The van der Waals surface area contributed by atoms with E-state index < -0.39 is 0 Å². The number of rotatable bonds is 5. The van der Waals surface area contributed by atoms with Crippen molar-refractivity contribution in [1.29, 1.82) is 0 Å². The standard InChI is InChI=1S/C19H17ClN2O3/c1-12-15(13(2)25-22-12)11-24-18-10-6-3-7-14(18)19(23)21-17-9-5-4-8-16(17)20/h3-10H,11H2,1-2H3,(H,21,23). The Hall–Kier alpha value is -2.79. The first-order valence-electron chi connectivity index (χ1n) is 7.75. The molecule has 5 nitrogen and oxygen atoms in total. The molecule has 0 aliphatic rings. The average Bonchev–Trinajstić information content (AvgIpc) is 2.93. The van der Waals surface area contributed by atoms with Crippen molar-refractivity contribution in [3.63, 3.8) is 0 Å². The number of ether oxygens (including phenoxy) is 1. The highest BCUT2D eigenvalue weighted by atomic mass is 35.5. The van der Waals surface area contributed by atoms with Crippen LogP contribution in [-0.4, -0.2) is 11.1 Å². The summed E-state index contributed by atoms with van der Waals surface area (Å²) in [6.07, 6.45) is 0. The molecule has 3 rings (SSSR count). The number of carbonyl (C=O) groups is 1. The van der Waals surface area contributed by atoms with E-state index in [0.29, 0.717) is 27.8 Å². The minimum Gasteiger partial charge on any atom is -0.488 e. The van der Waals surface area contributed by atoms with E-state index in [9.17, 15) is 4.79 Å². The van der Waals surface area contributed by atoms with Crippen LogP contribution in [0, 0.1) is 13.8 Å². The lowest BCUT2D eigenvalue weighted by atomic mass is 10.1. The van der Waals surface area contributed by atoms with Crippen LogP contribution < -0.4 is 10.1 Å². The number of para-hydroxylation sites is 2. The Morgan fingerprint density at radius 3 is 2.60 bits per heavy atom. The number of halogens is 1. The van der Waals surface area contributed by atoms with Gasteiger partial charge in [-0.2, -0.15) is 0 Å². The predicted octanol–water partition coefficient (Wildman–Crippen LogP) is 4.78. The lowest BCUT2D eigenvalue weighted by Crippen LogP contribution is -2.14. The fourth-order valence-corrected chi connectivity index (χ4v) is 2.57. The van der Waals surface area contributed by atoms with Crippen molar-refractivity contribution in [2.24, 2.45) is 0 Å². The molecule has 6 heteroatoms. The molecule has 0 unspecified atom stereocenters. The number of benzene rings is 2. The Balaban J connectivity index is 1.79. The molecule has 0 radical (unpaired) electrons. The van der Waals surface area contributed by atoms with E-state index in [-0.39, 0.29) is 12.5 Å². The molecular weight excluding hydrogens is 340 g/mol. The van der Waals surface area contributed by atoms with Crippen molar-refractivity contribution in [3.8, 4) is 5.75 Å². The van der Waals surface area contributed by atoms with Crippen LogP contribution in [0.15, 0.2) is 53.1 Å². The first kappa shape index (κ1) is 17.0. The summed E-state index contributed by atoms with van der Waals surface area (Å²) in [5.41, 5.74) is 2.63. The maximum absolute atomic E-state index is 12.6. The number of aromatic nitrogens is 1. The van der Waals surface area contributed by atoms with Gasteiger partial charge in [-0.15, -0.1) is 0 Å². The Kier molecular flexibility index (Phi) is 5.05. The van der Waals surface area contributed by atoms with Gasteiger partial charge in [0.2, 0.25) is 0 Å². The number of nitrogens with one attached hydrogen (secondary N) is 1. The normalized spacial score (nSPS) is 10.5. The maximum atomic E-state index is 12.6. The summed E-state index contributed by atoms with van der Waals surface area (Å²) >= 11 is 6.10. The van der Waals surface area contributed by atoms with Gasteiger partial charge < -0.3 is 14.6 Å². The summed E-state index contributed by atoms with van der Waals surface area (Å²) in [7, 11) is 0. The Labute approximate surface area is 150 Å². The Bertz CT molecular complexity index is 886. The van der Waals surface area contributed by atoms with Gasteiger partial charge >= 0.3 is 0 Å². The average molecular weight is 357 g/mol. The molecule has 1 N–H and O–H groups in total. The molecule has 1 amide bonds. The Morgan fingerprint density at radius 2 is 1.88 bits per heavy atom. The fraction of sp³-hybridized carbons (Fsp3) is 0.158. The summed E-state index contributed by atoms with van der Waals surface area (Å²) in [6, 6.07) is 14.1. The van der Waals surface area contributed by atoms with Gasteiger partial charge in [-0.05, 0) is 38.1 Å². The Morgan fingerprint density at radius 1 is 1.16 bits per heavy atom. The molecule has 25 heavy (non-hydrogen) atoms. The SMILES string of the molecule is Cc1noc(C)c1COc1ccccc1C(=O)Nc1ccccc1Cl. The molecule has 3 aromatic rings. The lowest BCUT2D eigenvalue weighted by molar-refractivity contribution is 0.102. The quantitative estimate of drug-likeness (QED) is 0.714. The molecule has 0 saturated carbocycles. The number of aryl methyl sites for hydroxylation is 2. The van der Waals surface area contributed by atoms with Gasteiger partial charge in [0.1, 0.15) is 18.1 Å². The van der Waals surface area contributed by atoms with E-state index in [0.717, 1.165) is 11.3 Å². The van der Waals surface area contributed by atoms with E-state index in [1.807, 2.05) is 19.9 Å². The van der Waals surface area contributed by atoms with Gasteiger partial charge in [-0.25, -0.2) is 0 Å². The third-order valence-electron chi connectivity index (χ3n) is 3.81. The van der Waals surface area contributed by atoms with Gasteiger partial charge in [-0.3, -0.25) is 4.79 Å². The molecule has 0 aliphatic heterocycles. The zero-order valence-electron chi connectivity index (χ0n) is 13.9. The minimum absolute atomic E-state index is 0.275. The summed E-state index contributed by atoms with van der Waals surface area (Å²) in [5.74, 6) is 0.894. The van der Waals surface area contributed by atoms with Crippen molar-refractivity contribution >= 4 is 23.2 Å². The zero-order chi connectivity index (χ0) is 17.8. The van der Waals surface area contributed by atoms with Crippen LogP contribution in [0.3, 0.4) is 0 Å². The van der Waals surface area contributed by atoms with Crippen LogP contribution >= 0.6 is 11.6 Å². The second-order valence-electron chi connectivity index (χ2n) is 5.52. The molecule has 1 heterocycles. The first-order valence-corrected chi connectivity index (χ1v) is 8.13. The van der Waals surface area contributed by atoms with Crippen molar-refractivity contribution in [2.75, 3.05) is 5.32 Å². The molecule has 2 aromatic carbocycles. The fourth-order valence-electron chi connectivity index (χ4n) is 2.39. The van der Waals surface area contributed by atoms with Gasteiger partial charge in [0, 0.05) is 0 Å². The number of carbonyl (C=O) groups excluding carboxylic acids is 1. The summed E-state index contributed by atoms with van der Waals surface area (Å²) in [6.45, 7) is 3.96. The van der Waals surface area contributed by atoms with E-state index in [4.69, 9.17) is 20.9 Å². The number of nitrogens with zero attached hydrogens (tertiary/aromatic N) is 1. The van der Waals surface area contributed by atoms with Crippen molar-refractivity contribution < 1.29 is 14.1 Å². The van der Waals surface area contributed by atoms with Crippen LogP contribution in [0.1, 0.15) is 27.4 Å². The van der Waals surface area contributed by atoms with Crippen LogP contribution in [-0.2, 0) is 6.61 Å². The molecule has 0 saturated heterocycles. The first-order chi connectivity index (χ1) is 12.1. The molecule has 0 spiro atoms. The molecule has 0 fully saturated rings. The van der Waals surface area contributed by atoms with Gasteiger partial charge in [-0.1, -0.05) is 41.0 Å². The maximum Gasteiger partial charge on any atom is 0.259 e. The second kappa shape index (κ2) is 7.40. The van der Waals surface area contributed by atoms with Crippen molar-refractivity contribution in [1.82, 2.24) is 5.16 Å². The summed E-state index contributed by atoms with van der Waals surface area (Å²) in [4.78, 5) is 12.6. The van der Waals surface area contributed by atoms with Crippen LogP contribution in [0.5, 0.6) is 5.75 Å². The third kappa shape index (κ3) is 3.83. The van der Waals surface area contributed by atoms with Crippen molar-refractivity contribution in [3.05, 3.63) is 76.1 Å². The summed E-state index contributed by atoms with van der Waals surface area (Å²) in [5, 5.41) is 7.18. The third-order valence-corrected chi connectivity index (χ3v) is 4.14. The van der Waals surface area contributed by atoms with Crippen molar-refractivity contribution in [2.45, 2.75) is 20.5 Å². The number of amides is 1. The molecule has 0 atom stereocenters. The van der Waals surface area contributed by atoms with Crippen LogP contribution in [0.4, 0.5) is 5.69 Å². The van der Waals surface area contributed by atoms with Gasteiger partial charge in [0.15, 0.2) is 0 Å². The van der Waals surface area contributed by atoms with Crippen LogP contribution in [0.2, 0.25) is 5.02 Å². The zero-order valence-corrected chi connectivity index (χ0v) is 14.6. The lowest BCUT2D eigenvalue weighted by Gasteiger charge is -2.12. The summed E-state index contributed by atoms with van der Waals surface area (Å²) < 4.78 is 11.0.